The van der Waals surface area contributed by atoms with E-state index in [1.165, 1.54) is 0 Å². The number of likely N-dealkylation sites (tertiary alicyclic amines) is 1. The molecule has 7 heteroatoms. The molecule has 2 aliphatic carbocycles. The first-order chi connectivity index (χ1) is 16.2. The van der Waals surface area contributed by atoms with Gasteiger partial charge in [0.25, 0.3) is 0 Å². The Bertz CT molecular complexity index is 884. The van der Waals surface area contributed by atoms with Gasteiger partial charge < -0.3 is 19.8 Å². The lowest BCUT2D eigenvalue weighted by Crippen LogP contribution is -2.61. The molecule has 3 aliphatic rings. The first-order valence-corrected chi connectivity index (χ1v) is 12.8. The maximum atomic E-state index is 13.0. The number of aliphatic hydroxyl groups excluding tert-OH is 2. The highest BCUT2D eigenvalue weighted by Crippen LogP contribution is 2.61. The standard InChI is InChI=1S/C27H40N2O5/c1-18-6-8-19(9-7-18)28-25(33)34-23-12-13-26(2)20(16-24(32)29-14-4-5-15-29)21(31)10-11-22(26)27(23,3)17-30/h6-9,20-23,30-31H,4-5,10-17H2,1-3H3,(H,28,33). The highest BCUT2D eigenvalue weighted by Gasteiger charge is 2.60. The molecular weight excluding hydrogens is 432 g/mol. The molecule has 6 unspecified atom stereocenters. The van der Waals surface area contributed by atoms with E-state index in [0.29, 0.717) is 24.9 Å². The molecule has 0 radical (unpaired) electrons. The number of aryl methyl sites for hydroxylation is 1. The van der Waals surface area contributed by atoms with Crippen molar-refractivity contribution in [2.45, 2.75) is 77.9 Å². The largest absolute Gasteiger partial charge is 0.445 e. The Hall–Kier alpha value is -2.12. The van der Waals surface area contributed by atoms with Crippen LogP contribution in [0.15, 0.2) is 24.3 Å². The minimum atomic E-state index is -0.646. The monoisotopic (exact) mass is 472 g/mol. The molecule has 2 amide bonds. The average molecular weight is 473 g/mol. The molecule has 4 rings (SSSR count). The van der Waals surface area contributed by atoms with E-state index < -0.39 is 23.7 Å². The summed E-state index contributed by atoms with van der Waals surface area (Å²) in [5.41, 5.74) is 0.823. The summed E-state index contributed by atoms with van der Waals surface area (Å²) in [7, 11) is 0. The second kappa shape index (κ2) is 9.86. The molecule has 2 saturated carbocycles. The Labute approximate surface area is 202 Å². The van der Waals surface area contributed by atoms with Crippen LogP contribution < -0.4 is 5.32 Å². The van der Waals surface area contributed by atoms with Gasteiger partial charge >= 0.3 is 6.09 Å². The Morgan fingerprint density at radius 2 is 1.79 bits per heavy atom. The van der Waals surface area contributed by atoms with Gasteiger partial charge in [-0.1, -0.05) is 31.5 Å². The second-order valence-corrected chi connectivity index (χ2v) is 11.2. The lowest BCUT2D eigenvalue weighted by Gasteiger charge is -2.60. The molecule has 188 valence electrons. The lowest BCUT2D eigenvalue weighted by molar-refractivity contribution is -0.186. The van der Waals surface area contributed by atoms with Crippen LogP contribution in [0.2, 0.25) is 0 Å². The van der Waals surface area contributed by atoms with Crippen molar-refractivity contribution in [3.63, 3.8) is 0 Å². The van der Waals surface area contributed by atoms with Gasteiger partial charge in [0.2, 0.25) is 5.91 Å². The summed E-state index contributed by atoms with van der Waals surface area (Å²) in [6.45, 7) is 7.65. The SMILES string of the molecule is Cc1ccc(NC(=O)OC2CCC3(C)C(CC(=O)N4CCCC4)C(O)CCC3C2(C)CO)cc1. The Morgan fingerprint density at radius 3 is 2.44 bits per heavy atom. The molecule has 3 fully saturated rings. The number of aliphatic hydroxyl groups is 2. The summed E-state index contributed by atoms with van der Waals surface area (Å²) < 4.78 is 5.90. The third-order valence-electron chi connectivity index (χ3n) is 9.08. The second-order valence-electron chi connectivity index (χ2n) is 11.2. The van der Waals surface area contributed by atoms with Crippen LogP contribution in [0, 0.1) is 29.6 Å². The summed E-state index contributed by atoms with van der Waals surface area (Å²) in [6.07, 6.45) is 3.61. The van der Waals surface area contributed by atoms with Gasteiger partial charge in [-0.05, 0) is 74.8 Å². The first-order valence-electron chi connectivity index (χ1n) is 12.8. The number of carbonyl (C=O) groups excluding carboxylic acids is 2. The molecule has 6 atom stereocenters. The molecule has 0 bridgehead atoms. The van der Waals surface area contributed by atoms with Gasteiger partial charge in [0.05, 0.1) is 12.7 Å². The van der Waals surface area contributed by atoms with Crippen molar-refractivity contribution in [1.82, 2.24) is 4.90 Å². The number of hydrogen-bond acceptors (Lipinski definition) is 5. The molecule has 0 aromatic heterocycles. The van der Waals surface area contributed by atoms with Crippen LogP contribution in [0.4, 0.5) is 10.5 Å². The normalized spacial score (nSPS) is 35.5. The van der Waals surface area contributed by atoms with E-state index in [-0.39, 0.29) is 29.8 Å². The topological polar surface area (TPSA) is 99.1 Å². The van der Waals surface area contributed by atoms with Crippen molar-refractivity contribution in [3.05, 3.63) is 29.8 Å². The molecule has 0 spiro atoms. The van der Waals surface area contributed by atoms with E-state index >= 15 is 0 Å². The quantitative estimate of drug-likeness (QED) is 0.599. The predicted molar refractivity (Wildman–Crippen MR) is 130 cm³/mol. The lowest BCUT2D eigenvalue weighted by atomic mass is 9.46. The van der Waals surface area contributed by atoms with Gasteiger partial charge in [-0.3, -0.25) is 10.1 Å². The predicted octanol–water partition coefficient (Wildman–Crippen LogP) is 4.11. The summed E-state index contributed by atoms with van der Waals surface area (Å²) in [4.78, 5) is 27.6. The van der Waals surface area contributed by atoms with Crippen molar-refractivity contribution >= 4 is 17.7 Å². The summed E-state index contributed by atoms with van der Waals surface area (Å²) in [5, 5.41) is 24.3. The molecule has 7 nitrogen and oxygen atoms in total. The molecule has 1 saturated heterocycles. The number of fused-ring (bicyclic) bond motifs is 1. The molecule has 1 aromatic carbocycles. The zero-order chi connectivity index (χ0) is 24.5. The number of anilines is 1. The molecule has 1 heterocycles. The Kier molecular flexibility index (Phi) is 7.25. The van der Waals surface area contributed by atoms with Crippen molar-refractivity contribution in [2.24, 2.45) is 22.7 Å². The fourth-order valence-corrected chi connectivity index (χ4v) is 6.98. The zero-order valence-electron chi connectivity index (χ0n) is 20.8. The minimum absolute atomic E-state index is 0.0377. The first kappa shape index (κ1) is 25.0. The Morgan fingerprint density at radius 1 is 1.12 bits per heavy atom. The number of ether oxygens (including phenoxy) is 1. The van der Waals surface area contributed by atoms with E-state index in [1.54, 1.807) is 0 Å². The number of benzene rings is 1. The highest BCUT2D eigenvalue weighted by atomic mass is 16.6. The van der Waals surface area contributed by atoms with Gasteiger partial charge in [0, 0.05) is 30.6 Å². The van der Waals surface area contributed by atoms with E-state index in [0.717, 1.165) is 44.3 Å². The summed E-state index contributed by atoms with van der Waals surface area (Å²) in [5.74, 6) is 0.00763. The van der Waals surface area contributed by atoms with Crippen LogP contribution >= 0.6 is 0 Å². The van der Waals surface area contributed by atoms with E-state index in [4.69, 9.17) is 4.74 Å². The summed E-state index contributed by atoms with van der Waals surface area (Å²) in [6, 6.07) is 7.53. The number of rotatable bonds is 5. The average Bonchev–Trinajstić information content (AvgIpc) is 3.35. The van der Waals surface area contributed by atoms with Gasteiger partial charge in [0.1, 0.15) is 6.10 Å². The van der Waals surface area contributed by atoms with Gasteiger partial charge in [-0.15, -0.1) is 0 Å². The van der Waals surface area contributed by atoms with Crippen LogP contribution in [-0.4, -0.2) is 59.0 Å². The smallest absolute Gasteiger partial charge is 0.411 e. The van der Waals surface area contributed by atoms with Crippen LogP contribution in [0.25, 0.3) is 0 Å². The third-order valence-corrected chi connectivity index (χ3v) is 9.08. The van der Waals surface area contributed by atoms with E-state index in [9.17, 15) is 19.8 Å². The highest BCUT2D eigenvalue weighted by molar-refractivity contribution is 5.84. The van der Waals surface area contributed by atoms with Gasteiger partial charge in [-0.25, -0.2) is 4.79 Å². The van der Waals surface area contributed by atoms with Crippen molar-refractivity contribution in [3.8, 4) is 0 Å². The maximum absolute atomic E-state index is 13.0. The fraction of sp³-hybridized carbons (Fsp3) is 0.704. The number of carbonyl (C=O) groups is 2. The fourth-order valence-electron chi connectivity index (χ4n) is 6.98. The minimum Gasteiger partial charge on any atom is -0.445 e. The molecule has 34 heavy (non-hydrogen) atoms. The van der Waals surface area contributed by atoms with Crippen LogP contribution in [-0.2, 0) is 9.53 Å². The molecule has 1 aromatic rings. The number of hydrogen-bond donors (Lipinski definition) is 3. The maximum Gasteiger partial charge on any atom is 0.411 e. The zero-order valence-corrected chi connectivity index (χ0v) is 20.8. The molecule has 3 N–H and O–H groups in total. The molecular formula is C27H40N2O5. The van der Waals surface area contributed by atoms with Crippen LogP contribution in [0.3, 0.4) is 0 Å². The van der Waals surface area contributed by atoms with Gasteiger partial charge in [-0.2, -0.15) is 0 Å². The van der Waals surface area contributed by atoms with Crippen molar-refractivity contribution < 1.29 is 24.5 Å². The summed E-state index contributed by atoms with van der Waals surface area (Å²) >= 11 is 0. The van der Waals surface area contributed by atoms with Crippen LogP contribution in [0.5, 0.6) is 0 Å². The van der Waals surface area contributed by atoms with E-state index in [2.05, 4.69) is 12.2 Å². The number of nitrogens with zero attached hydrogens (tertiary/aromatic N) is 1. The van der Waals surface area contributed by atoms with E-state index in [1.807, 2.05) is 43.0 Å². The number of amides is 2. The van der Waals surface area contributed by atoms with Gasteiger partial charge in [0.15, 0.2) is 0 Å². The number of nitrogens with one attached hydrogen (secondary N) is 1. The molecule has 1 aliphatic heterocycles. The van der Waals surface area contributed by atoms with Crippen LogP contribution in [0.1, 0.15) is 64.4 Å². The third kappa shape index (κ3) is 4.69. The Balaban J connectivity index is 1.49. The van der Waals surface area contributed by atoms with Crippen molar-refractivity contribution in [1.29, 1.82) is 0 Å². The van der Waals surface area contributed by atoms with Crippen molar-refractivity contribution in [2.75, 3.05) is 25.0 Å².